The van der Waals surface area contributed by atoms with Crippen LogP contribution in [0.15, 0.2) is 34.2 Å². The summed E-state index contributed by atoms with van der Waals surface area (Å²) in [4.78, 5) is 16.8. The van der Waals surface area contributed by atoms with E-state index in [1.165, 1.54) is 16.7 Å². The molecule has 0 amide bonds. The van der Waals surface area contributed by atoms with Crippen LogP contribution in [0.5, 0.6) is 0 Å². The van der Waals surface area contributed by atoms with Gasteiger partial charge in [-0.05, 0) is 30.6 Å². The van der Waals surface area contributed by atoms with Crippen LogP contribution in [0.25, 0.3) is 21.3 Å². The molecule has 1 aromatic carbocycles. The summed E-state index contributed by atoms with van der Waals surface area (Å²) < 4.78 is 28.7. The lowest BCUT2D eigenvalue weighted by molar-refractivity contribution is 0.0522. The molecule has 2 aromatic rings. The fraction of sp³-hybridized carbons (Fsp3) is 0.438. The van der Waals surface area contributed by atoms with Crippen molar-refractivity contribution in [2.24, 2.45) is 5.11 Å². The van der Waals surface area contributed by atoms with Crippen LogP contribution in [0.3, 0.4) is 0 Å². The molecule has 25 heavy (non-hydrogen) atoms. The Kier molecular flexibility index (Phi) is 4.98. The van der Waals surface area contributed by atoms with Crippen molar-refractivity contribution in [3.8, 4) is 0 Å². The first-order chi connectivity index (χ1) is 12.0. The molecule has 0 spiro atoms. The standard InChI is InChI=1S/C16H17F2N5O2/c17-10-7-12(18)11-1-2-16(25)23(14(11)8-10)6-5-22-4-3-13(20-21-19)15(24)9-22/h1-2,7-8,13,15,24H,3-6,9H2/t13-,15+/m1/s1. The number of fused-ring (bicyclic) bond motifs is 1. The largest absolute Gasteiger partial charge is 0.391 e. The molecule has 0 unspecified atom stereocenters. The van der Waals surface area contributed by atoms with Crippen molar-refractivity contribution >= 4 is 10.9 Å². The zero-order valence-electron chi connectivity index (χ0n) is 13.3. The van der Waals surface area contributed by atoms with E-state index in [1.54, 1.807) is 0 Å². The molecular weight excluding hydrogens is 332 g/mol. The minimum absolute atomic E-state index is 0.183. The molecule has 0 radical (unpaired) electrons. The smallest absolute Gasteiger partial charge is 0.251 e. The molecule has 1 fully saturated rings. The minimum Gasteiger partial charge on any atom is -0.391 e. The highest BCUT2D eigenvalue weighted by Crippen LogP contribution is 2.19. The van der Waals surface area contributed by atoms with E-state index in [4.69, 9.17) is 5.53 Å². The Hall–Kier alpha value is -2.48. The number of halogens is 2. The Balaban J connectivity index is 1.79. The SMILES string of the molecule is [N-]=[N+]=N[C@@H]1CCN(CCn2c(=O)ccc3c(F)cc(F)cc32)C[C@@H]1O. The van der Waals surface area contributed by atoms with Crippen molar-refractivity contribution in [1.82, 2.24) is 9.47 Å². The second-order valence-corrected chi connectivity index (χ2v) is 6.07. The van der Waals surface area contributed by atoms with Crippen molar-refractivity contribution < 1.29 is 13.9 Å². The highest BCUT2D eigenvalue weighted by molar-refractivity contribution is 5.79. The summed E-state index contributed by atoms with van der Waals surface area (Å²) in [6.07, 6.45) is -0.261. The predicted octanol–water partition coefficient (Wildman–Crippen LogP) is 2.03. The van der Waals surface area contributed by atoms with E-state index in [0.29, 0.717) is 26.1 Å². The molecule has 1 N–H and O–H groups in total. The number of β-amino-alcohol motifs (C(OH)–C–C–N with tert-alkyl or cyclic N) is 1. The number of pyridine rings is 1. The van der Waals surface area contributed by atoms with Crippen molar-refractivity contribution in [2.45, 2.75) is 25.1 Å². The lowest BCUT2D eigenvalue weighted by Crippen LogP contribution is -2.47. The van der Waals surface area contributed by atoms with Gasteiger partial charge < -0.3 is 9.67 Å². The summed E-state index contributed by atoms with van der Waals surface area (Å²) >= 11 is 0. The van der Waals surface area contributed by atoms with Gasteiger partial charge in [0.15, 0.2) is 0 Å². The summed E-state index contributed by atoms with van der Waals surface area (Å²) in [7, 11) is 0. The molecule has 1 aromatic heterocycles. The highest BCUT2D eigenvalue weighted by Gasteiger charge is 2.26. The van der Waals surface area contributed by atoms with E-state index in [-0.39, 0.29) is 23.0 Å². The monoisotopic (exact) mass is 349 g/mol. The minimum atomic E-state index is -0.774. The number of aromatic nitrogens is 1. The Bertz CT molecular complexity index is 894. The maximum Gasteiger partial charge on any atom is 0.251 e. The Morgan fingerprint density at radius 2 is 2.12 bits per heavy atom. The summed E-state index contributed by atoms with van der Waals surface area (Å²) in [5.41, 5.74) is 8.32. The molecule has 2 heterocycles. The highest BCUT2D eigenvalue weighted by atomic mass is 19.1. The molecule has 1 saturated heterocycles. The van der Waals surface area contributed by atoms with Crippen molar-refractivity contribution in [2.75, 3.05) is 19.6 Å². The van der Waals surface area contributed by atoms with Crippen LogP contribution in [-0.2, 0) is 6.54 Å². The molecule has 2 atom stereocenters. The molecule has 3 rings (SSSR count). The third-order valence-corrected chi connectivity index (χ3v) is 4.49. The lowest BCUT2D eigenvalue weighted by atomic mass is 10.0. The third-order valence-electron chi connectivity index (χ3n) is 4.49. The summed E-state index contributed by atoms with van der Waals surface area (Å²) in [5.74, 6) is -1.45. The number of azide groups is 1. The molecule has 0 saturated carbocycles. The fourth-order valence-corrected chi connectivity index (χ4v) is 3.18. The quantitative estimate of drug-likeness (QED) is 0.520. The number of hydrogen-bond donors (Lipinski definition) is 1. The molecule has 0 aliphatic carbocycles. The Morgan fingerprint density at radius 3 is 2.84 bits per heavy atom. The van der Waals surface area contributed by atoms with Gasteiger partial charge in [-0.25, -0.2) is 8.78 Å². The van der Waals surface area contributed by atoms with Crippen LogP contribution in [0.4, 0.5) is 8.78 Å². The zero-order chi connectivity index (χ0) is 18.0. The van der Waals surface area contributed by atoms with E-state index >= 15 is 0 Å². The molecule has 132 valence electrons. The molecule has 0 bridgehead atoms. The Labute approximate surface area is 141 Å². The molecule has 1 aliphatic heterocycles. The number of aliphatic hydroxyl groups excluding tert-OH is 1. The number of aliphatic hydroxyl groups is 1. The lowest BCUT2D eigenvalue weighted by Gasteiger charge is -2.33. The van der Waals surface area contributed by atoms with Gasteiger partial charge in [0.2, 0.25) is 0 Å². The van der Waals surface area contributed by atoms with Crippen LogP contribution in [0, 0.1) is 11.6 Å². The first kappa shape index (κ1) is 17.3. The first-order valence-electron chi connectivity index (χ1n) is 7.93. The molecule has 7 nitrogen and oxygen atoms in total. The second kappa shape index (κ2) is 7.18. The van der Waals surface area contributed by atoms with E-state index in [0.717, 1.165) is 12.1 Å². The van der Waals surface area contributed by atoms with Crippen LogP contribution in [0.2, 0.25) is 0 Å². The average Bonchev–Trinajstić information content (AvgIpc) is 2.56. The van der Waals surface area contributed by atoms with Crippen molar-refractivity contribution in [1.29, 1.82) is 0 Å². The maximum atomic E-state index is 13.9. The van der Waals surface area contributed by atoms with Crippen LogP contribution >= 0.6 is 0 Å². The number of piperidine rings is 1. The van der Waals surface area contributed by atoms with E-state index in [1.807, 2.05) is 4.90 Å². The summed E-state index contributed by atoms with van der Waals surface area (Å²) in [6, 6.07) is 4.07. The molecular formula is C16H17F2N5O2. The summed E-state index contributed by atoms with van der Waals surface area (Å²) in [6.45, 7) is 1.57. The van der Waals surface area contributed by atoms with Gasteiger partial charge in [0, 0.05) is 42.1 Å². The van der Waals surface area contributed by atoms with Gasteiger partial charge in [-0.2, -0.15) is 0 Å². The molecule has 9 heteroatoms. The number of likely N-dealkylation sites (tertiary alicyclic amines) is 1. The van der Waals surface area contributed by atoms with Gasteiger partial charge in [-0.1, -0.05) is 5.11 Å². The molecule has 1 aliphatic rings. The van der Waals surface area contributed by atoms with Gasteiger partial charge in [-0.15, -0.1) is 0 Å². The predicted molar refractivity (Wildman–Crippen MR) is 88.1 cm³/mol. The van der Waals surface area contributed by atoms with Crippen LogP contribution < -0.4 is 5.56 Å². The number of hydrogen-bond acceptors (Lipinski definition) is 4. The number of benzene rings is 1. The van der Waals surface area contributed by atoms with Crippen LogP contribution in [-0.4, -0.2) is 46.4 Å². The van der Waals surface area contributed by atoms with Gasteiger partial charge in [0.25, 0.3) is 5.56 Å². The fourth-order valence-electron chi connectivity index (χ4n) is 3.18. The Morgan fingerprint density at radius 1 is 1.32 bits per heavy atom. The average molecular weight is 349 g/mol. The summed E-state index contributed by atoms with van der Waals surface area (Å²) in [5, 5.41) is 13.7. The first-order valence-corrected chi connectivity index (χ1v) is 7.93. The van der Waals surface area contributed by atoms with Crippen LogP contribution in [0.1, 0.15) is 6.42 Å². The normalized spacial score (nSPS) is 21.2. The second-order valence-electron chi connectivity index (χ2n) is 6.07. The van der Waals surface area contributed by atoms with Gasteiger partial charge in [0.1, 0.15) is 11.6 Å². The van der Waals surface area contributed by atoms with Gasteiger partial charge >= 0.3 is 0 Å². The van der Waals surface area contributed by atoms with E-state index in [9.17, 15) is 18.7 Å². The van der Waals surface area contributed by atoms with Gasteiger partial charge in [-0.3, -0.25) is 9.69 Å². The van der Waals surface area contributed by atoms with Crippen molar-refractivity contribution in [3.05, 3.63) is 56.7 Å². The zero-order valence-corrected chi connectivity index (χ0v) is 13.3. The van der Waals surface area contributed by atoms with Crippen molar-refractivity contribution in [3.63, 3.8) is 0 Å². The van der Waals surface area contributed by atoms with Gasteiger partial charge in [0.05, 0.1) is 17.7 Å². The third kappa shape index (κ3) is 3.63. The topological polar surface area (TPSA) is 94.2 Å². The van der Waals surface area contributed by atoms with E-state index in [2.05, 4.69) is 10.0 Å². The van der Waals surface area contributed by atoms with E-state index < -0.39 is 23.8 Å². The maximum absolute atomic E-state index is 13.9. The number of rotatable bonds is 4. The number of nitrogens with zero attached hydrogens (tertiary/aromatic N) is 5.